The van der Waals surface area contributed by atoms with E-state index in [1.165, 1.54) is 6.20 Å². The average Bonchev–Trinajstić information content (AvgIpc) is 3.02. The Kier molecular flexibility index (Phi) is 4.38. The maximum absolute atomic E-state index is 12.7. The van der Waals surface area contributed by atoms with E-state index in [4.69, 9.17) is 10.2 Å². The summed E-state index contributed by atoms with van der Waals surface area (Å²) in [4.78, 5) is 18.2. The highest BCUT2D eigenvalue weighted by Gasteiger charge is 2.20. The number of nitrogens with zero attached hydrogens (tertiary/aromatic N) is 2. The van der Waals surface area contributed by atoms with Gasteiger partial charge >= 0.3 is 0 Å². The summed E-state index contributed by atoms with van der Waals surface area (Å²) in [5.41, 5.74) is 7.56. The summed E-state index contributed by atoms with van der Waals surface area (Å²) in [7, 11) is 0. The van der Waals surface area contributed by atoms with Crippen molar-refractivity contribution in [2.75, 3.05) is 5.73 Å². The Bertz CT molecular complexity index is 728. The SMILES string of the molecule is Nc1ncc(C(=O)N(Cc2ccccc2)Cc2ccccc2)o1. The molecule has 0 aliphatic rings. The molecule has 2 N–H and O–H groups in total. The maximum atomic E-state index is 12.7. The third-order valence-electron chi connectivity index (χ3n) is 3.45. The summed E-state index contributed by atoms with van der Waals surface area (Å²) in [6.07, 6.45) is 1.36. The minimum Gasteiger partial charge on any atom is -0.418 e. The molecule has 116 valence electrons. The van der Waals surface area contributed by atoms with Gasteiger partial charge in [-0.25, -0.2) is 4.98 Å². The molecule has 0 fully saturated rings. The fourth-order valence-electron chi connectivity index (χ4n) is 2.35. The van der Waals surface area contributed by atoms with Gasteiger partial charge < -0.3 is 15.1 Å². The van der Waals surface area contributed by atoms with E-state index in [0.717, 1.165) is 11.1 Å². The van der Waals surface area contributed by atoms with Gasteiger partial charge in [0.2, 0.25) is 5.76 Å². The first-order valence-corrected chi connectivity index (χ1v) is 7.31. The van der Waals surface area contributed by atoms with Gasteiger partial charge in [0, 0.05) is 13.1 Å². The number of benzene rings is 2. The summed E-state index contributed by atoms with van der Waals surface area (Å²) in [5.74, 6) is -0.0868. The van der Waals surface area contributed by atoms with Crippen molar-refractivity contribution in [1.82, 2.24) is 9.88 Å². The fraction of sp³-hybridized carbons (Fsp3) is 0.111. The van der Waals surface area contributed by atoms with Crippen LogP contribution in [0.3, 0.4) is 0 Å². The van der Waals surface area contributed by atoms with Crippen LogP contribution in [0, 0.1) is 0 Å². The number of oxazole rings is 1. The van der Waals surface area contributed by atoms with Gasteiger partial charge in [0.1, 0.15) is 0 Å². The van der Waals surface area contributed by atoms with Crippen LogP contribution in [0.25, 0.3) is 0 Å². The van der Waals surface area contributed by atoms with Crippen molar-refractivity contribution in [3.63, 3.8) is 0 Å². The van der Waals surface area contributed by atoms with Crippen LogP contribution in [-0.2, 0) is 13.1 Å². The van der Waals surface area contributed by atoms with E-state index in [2.05, 4.69) is 4.98 Å². The van der Waals surface area contributed by atoms with Crippen LogP contribution in [0.15, 0.2) is 71.3 Å². The van der Waals surface area contributed by atoms with Crippen molar-refractivity contribution >= 4 is 11.9 Å². The number of carbonyl (C=O) groups is 1. The molecule has 0 bridgehead atoms. The molecular weight excluding hydrogens is 290 g/mol. The summed E-state index contributed by atoms with van der Waals surface area (Å²) in [6.45, 7) is 0.963. The molecule has 1 heterocycles. The molecule has 3 aromatic rings. The number of carbonyl (C=O) groups excluding carboxylic acids is 1. The maximum Gasteiger partial charge on any atom is 0.292 e. The summed E-state index contributed by atoms with van der Waals surface area (Å²) >= 11 is 0. The van der Waals surface area contributed by atoms with Gasteiger partial charge in [0.15, 0.2) is 0 Å². The molecular formula is C18H17N3O2. The lowest BCUT2D eigenvalue weighted by molar-refractivity contribution is 0.0699. The molecule has 2 aromatic carbocycles. The number of nitrogens with two attached hydrogens (primary N) is 1. The van der Waals surface area contributed by atoms with Gasteiger partial charge in [-0.15, -0.1) is 0 Å². The van der Waals surface area contributed by atoms with Crippen LogP contribution < -0.4 is 5.73 Å². The Morgan fingerprint density at radius 1 is 0.957 bits per heavy atom. The zero-order valence-electron chi connectivity index (χ0n) is 12.6. The molecule has 1 aromatic heterocycles. The van der Waals surface area contributed by atoms with Crippen molar-refractivity contribution in [3.05, 3.63) is 83.7 Å². The number of amides is 1. The third kappa shape index (κ3) is 3.77. The predicted octanol–water partition coefficient (Wildman–Crippen LogP) is 3.10. The lowest BCUT2D eigenvalue weighted by Gasteiger charge is -2.22. The first kappa shape index (κ1) is 14.8. The molecule has 1 amide bonds. The van der Waals surface area contributed by atoms with E-state index in [1.807, 2.05) is 60.7 Å². The van der Waals surface area contributed by atoms with Crippen molar-refractivity contribution < 1.29 is 9.21 Å². The average molecular weight is 307 g/mol. The molecule has 0 aliphatic carbocycles. The number of nitrogen functional groups attached to an aromatic ring is 1. The predicted molar refractivity (Wildman–Crippen MR) is 87.4 cm³/mol. The largest absolute Gasteiger partial charge is 0.418 e. The number of aromatic nitrogens is 1. The molecule has 0 saturated carbocycles. The molecule has 0 spiro atoms. The van der Waals surface area contributed by atoms with Crippen LogP contribution in [0.5, 0.6) is 0 Å². The smallest absolute Gasteiger partial charge is 0.292 e. The zero-order valence-corrected chi connectivity index (χ0v) is 12.6. The first-order valence-electron chi connectivity index (χ1n) is 7.31. The number of rotatable bonds is 5. The Morgan fingerprint density at radius 2 is 1.48 bits per heavy atom. The minimum absolute atomic E-state index is 0.00674. The highest BCUT2D eigenvalue weighted by atomic mass is 16.4. The fourth-order valence-corrected chi connectivity index (χ4v) is 2.35. The van der Waals surface area contributed by atoms with Crippen molar-refractivity contribution in [3.8, 4) is 0 Å². The quantitative estimate of drug-likeness (QED) is 0.786. The van der Waals surface area contributed by atoms with E-state index in [0.29, 0.717) is 13.1 Å². The topological polar surface area (TPSA) is 72.4 Å². The van der Waals surface area contributed by atoms with Gasteiger partial charge in [-0.05, 0) is 11.1 Å². The van der Waals surface area contributed by atoms with E-state index >= 15 is 0 Å². The second-order valence-corrected chi connectivity index (χ2v) is 5.20. The van der Waals surface area contributed by atoms with E-state index < -0.39 is 0 Å². The second kappa shape index (κ2) is 6.79. The summed E-state index contributed by atoms with van der Waals surface area (Å²) < 4.78 is 5.18. The van der Waals surface area contributed by atoms with Crippen LogP contribution in [0.2, 0.25) is 0 Å². The van der Waals surface area contributed by atoms with Crippen LogP contribution in [0.4, 0.5) is 6.01 Å². The highest BCUT2D eigenvalue weighted by Crippen LogP contribution is 2.15. The Balaban J connectivity index is 1.84. The number of hydrogen-bond acceptors (Lipinski definition) is 4. The second-order valence-electron chi connectivity index (χ2n) is 5.20. The van der Waals surface area contributed by atoms with Crippen molar-refractivity contribution in [2.24, 2.45) is 0 Å². The number of hydrogen-bond donors (Lipinski definition) is 1. The third-order valence-corrected chi connectivity index (χ3v) is 3.45. The van der Waals surface area contributed by atoms with Crippen LogP contribution >= 0.6 is 0 Å². The Labute approximate surface area is 134 Å². The summed E-state index contributed by atoms with van der Waals surface area (Å²) in [5, 5.41) is 0. The van der Waals surface area contributed by atoms with Gasteiger partial charge in [-0.2, -0.15) is 0 Å². The van der Waals surface area contributed by atoms with E-state index in [-0.39, 0.29) is 17.7 Å². The monoisotopic (exact) mass is 307 g/mol. The van der Waals surface area contributed by atoms with Gasteiger partial charge in [0.05, 0.1) is 6.20 Å². The highest BCUT2D eigenvalue weighted by molar-refractivity contribution is 5.91. The molecule has 23 heavy (non-hydrogen) atoms. The van der Waals surface area contributed by atoms with Crippen molar-refractivity contribution in [2.45, 2.75) is 13.1 Å². The lowest BCUT2D eigenvalue weighted by Crippen LogP contribution is -2.29. The molecule has 5 heteroatoms. The van der Waals surface area contributed by atoms with Crippen LogP contribution in [0.1, 0.15) is 21.7 Å². The zero-order chi connectivity index (χ0) is 16.1. The normalized spacial score (nSPS) is 10.4. The Morgan fingerprint density at radius 3 is 1.91 bits per heavy atom. The molecule has 0 unspecified atom stereocenters. The first-order chi connectivity index (χ1) is 11.2. The Hall–Kier alpha value is -3.08. The summed E-state index contributed by atoms with van der Waals surface area (Å²) in [6, 6.07) is 19.6. The van der Waals surface area contributed by atoms with E-state index in [1.54, 1.807) is 4.90 Å². The number of anilines is 1. The minimum atomic E-state index is -0.234. The molecule has 0 radical (unpaired) electrons. The molecule has 0 saturated heterocycles. The van der Waals surface area contributed by atoms with E-state index in [9.17, 15) is 4.79 Å². The molecule has 3 rings (SSSR count). The van der Waals surface area contributed by atoms with Gasteiger partial charge in [0.25, 0.3) is 11.9 Å². The van der Waals surface area contributed by atoms with Crippen LogP contribution in [-0.4, -0.2) is 15.8 Å². The van der Waals surface area contributed by atoms with Gasteiger partial charge in [-0.3, -0.25) is 4.79 Å². The molecule has 0 atom stereocenters. The molecule has 5 nitrogen and oxygen atoms in total. The molecule has 0 aliphatic heterocycles. The standard InChI is InChI=1S/C18H17N3O2/c19-18-20-11-16(23-18)17(22)21(12-14-7-3-1-4-8-14)13-15-9-5-2-6-10-15/h1-11H,12-13H2,(H2,19,20). The van der Waals surface area contributed by atoms with Gasteiger partial charge in [-0.1, -0.05) is 60.7 Å². The van der Waals surface area contributed by atoms with Crippen molar-refractivity contribution in [1.29, 1.82) is 0 Å². The lowest BCUT2D eigenvalue weighted by atomic mass is 10.1.